The van der Waals surface area contributed by atoms with E-state index in [0.29, 0.717) is 79.8 Å². The maximum absolute atomic E-state index is 13.7. The van der Waals surface area contributed by atoms with Gasteiger partial charge in [0.2, 0.25) is 5.91 Å². The van der Waals surface area contributed by atoms with Crippen LogP contribution in [0.15, 0.2) is 48.8 Å². The van der Waals surface area contributed by atoms with Crippen molar-refractivity contribution in [2.75, 3.05) is 64.3 Å². The number of rotatable bonds is 23. The molecule has 0 unspecified atom stereocenters. The number of likely N-dealkylation sites (N-methyl/N-ethyl adjacent to an activating group) is 1. The summed E-state index contributed by atoms with van der Waals surface area (Å²) in [6, 6.07) is 7.83. The van der Waals surface area contributed by atoms with E-state index in [2.05, 4.69) is 20.6 Å². The van der Waals surface area contributed by atoms with Gasteiger partial charge in [-0.1, -0.05) is 24.1 Å². The second-order valence-corrected chi connectivity index (χ2v) is 13.8. The van der Waals surface area contributed by atoms with Gasteiger partial charge in [-0.15, -0.1) is 0 Å². The van der Waals surface area contributed by atoms with Crippen molar-refractivity contribution in [3.8, 4) is 5.75 Å². The molecular weight excluding hydrogens is 677 g/mol. The Morgan fingerprint density at radius 3 is 2.22 bits per heavy atom. The van der Waals surface area contributed by atoms with Gasteiger partial charge >= 0.3 is 5.97 Å². The van der Waals surface area contributed by atoms with Crippen LogP contribution in [0.4, 0.5) is 21.6 Å². The van der Waals surface area contributed by atoms with Gasteiger partial charge in [-0.2, -0.15) is 0 Å². The van der Waals surface area contributed by atoms with Gasteiger partial charge in [-0.25, -0.2) is 14.4 Å². The molecule has 3 rings (SSSR count). The van der Waals surface area contributed by atoms with E-state index in [4.69, 9.17) is 30.5 Å². The van der Waals surface area contributed by atoms with Crippen molar-refractivity contribution in [3.05, 3.63) is 59.7 Å². The monoisotopic (exact) mass is 729 g/mol. The van der Waals surface area contributed by atoms with Gasteiger partial charge in [-0.3, -0.25) is 9.59 Å². The molecular formula is C38H53ClFN5O6. The van der Waals surface area contributed by atoms with Crippen molar-refractivity contribution < 1.29 is 32.9 Å². The standard InChI is InChI=1S/C38H53ClFN5O6/c1-38(2,3)51-36(47)15-7-6-8-19-48-20-9-10-21-49-22-11-12-23-50-34-26-32-29(25-33(34)44-35(46)14-13-18-45(4)5)37(42-27-41-32)43-28-16-17-31(40)30(39)24-28/h13-14,16-17,24-27H,6-12,15,18-23H2,1-5H3,(H,44,46)(H,41,42,43)/b14-13+. The molecule has 51 heavy (non-hydrogen) atoms. The van der Waals surface area contributed by atoms with Crippen LogP contribution in [0.1, 0.15) is 72.1 Å². The van der Waals surface area contributed by atoms with Crippen LogP contribution in [0.3, 0.4) is 0 Å². The Morgan fingerprint density at radius 1 is 0.902 bits per heavy atom. The zero-order valence-electron chi connectivity index (χ0n) is 30.6. The number of hydrogen-bond acceptors (Lipinski definition) is 10. The lowest BCUT2D eigenvalue weighted by Crippen LogP contribution is -2.23. The molecule has 1 heterocycles. The van der Waals surface area contributed by atoms with Gasteiger partial charge in [-0.05, 0) is 97.7 Å². The van der Waals surface area contributed by atoms with Crippen molar-refractivity contribution in [3.63, 3.8) is 0 Å². The van der Waals surface area contributed by atoms with E-state index in [1.807, 2.05) is 39.8 Å². The number of nitrogens with one attached hydrogen (secondary N) is 2. The van der Waals surface area contributed by atoms with E-state index in [1.165, 1.54) is 24.5 Å². The first kappa shape index (κ1) is 41.6. The lowest BCUT2D eigenvalue weighted by molar-refractivity contribution is -0.154. The molecule has 280 valence electrons. The first-order valence-electron chi connectivity index (χ1n) is 17.5. The maximum Gasteiger partial charge on any atom is 0.306 e. The third kappa shape index (κ3) is 16.8. The molecule has 0 aliphatic heterocycles. The minimum atomic E-state index is -0.519. The van der Waals surface area contributed by atoms with Crippen LogP contribution in [0.25, 0.3) is 10.9 Å². The average Bonchev–Trinajstić information content (AvgIpc) is 3.05. The van der Waals surface area contributed by atoms with Crippen molar-refractivity contribution in [1.82, 2.24) is 14.9 Å². The second-order valence-electron chi connectivity index (χ2n) is 13.4. The lowest BCUT2D eigenvalue weighted by atomic mass is 10.1. The number of carbonyl (C=O) groups is 2. The third-order valence-corrected chi connectivity index (χ3v) is 7.56. The van der Waals surface area contributed by atoms with Crippen LogP contribution < -0.4 is 15.4 Å². The number of esters is 1. The highest BCUT2D eigenvalue weighted by Crippen LogP contribution is 2.34. The number of unbranched alkanes of at least 4 members (excludes halogenated alkanes) is 4. The van der Waals surface area contributed by atoms with E-state index in [-0.39, 0.29) is 16.9 Å². The molecule has 1 amide bonds. The molecule has 0 saturated carbocycles. The van der Waals surface area contributed by atoms with Gasteiger partial charge < -0.3 is 34.5 Å². The van der Waals surface area contributed by atoms with E-state index in [1.54, 1.807) is 24.3 Å². The molecule has 0 aliphatic rings. The SMILES string of the molecule is CN(C)C/C=C/C(=O)Nc1cc2c(Nc3ccc(F)c(Cl)c3)ncnc2cc1OCCCCOCCCCOCCCCCC(=O)OC(C)(C)C. The summed E-state index contributed by atoms with van der Waals surface area (Å²) in [5.41, 5.74) is 1.19. The zero-order valence-corrected chi connectivity index (χ0v) is 31.3. The topological polar surface area (TPSA) is 124 Å². The minimum absolute atomic E-state index is 0.0146. The molecule has 0 aliphatic carbocycles. The number of carbonyl (C=O) groups excluding carboxylic acids is 2. The largest absolute Gasteiger partial charge is 0.491 e. The van der Waals surface area contributed by atoms with Crippen LogP contribution in [0.2, 0.25) is 5.02 Å². The molecule has 0 bridgehead atoms. The summed E-state index contributed by atoms with van der Waals surface area (Å²) in [5, 5.41) is 6.70. The first-order chi connectivity index (χ1) is 24.4. The number of amides is 1. The smallest absolute Gasteiger partial charge is 0.306 e. The number of nitrogens with zero attached hydrogens (tertiary/aromatic N) is 3. The fourth-order valence-electron chi connectivity index (χ4n) is 4.80. The fourth-order valence-corrected chi connectivity index (χ4v) is 4.98. The van der Waals surface area contributed by atoms with Gasteiger partial charge in [0.1, 0.15) is 29.3 Å². The molecule has 0 saturated heterocycles. The Hall–Kier alpha value is -3.84. The van der Waals surface area contributed by atoms with Crippen LogP contribution in [-0.2, 0) is 23.8 Å². The molecule has 2 aromatic carbocycles. The number of aromatic nitrogens is 2. The van der Waals surface area contributed by atoms with E-state index >= 15 is 0 Å². The van der Waals surface area contributed by atoms with Crippen LogP contribution >= 0.6 is 11.6 Å². The summed E-state index contributed by atoms with van der Waals surface area (Å²) in [4.78, 5) is 35.3. The van der Waals surface area contributed by atoms with Crippen LogP contribution in [0, 0.1) is 5.82 Å². The molecule has 0 atom stereocenters. The van der Waals surface area contributed by atoms with Gasteiger partial charge in [0.25, 0.3) is 0 Å². The predicted octanol–water partition coefficient (Wildman–Crippen LogP) is 8.10. The predicted molar refractivity (Wildman–Crippen MR) is 200 cm³/mol. The third-order valence-electron chi connectivity index (χ3n) is 7.27. The number of hydrogen-bond donors (Lipinski definition) is 2. The van der Waals surface area contributed by atoms with Crippen LogP contribution in [-0.4, -0.2) is 86.0 Å². The van der Waals surface area contributed by atoms with Crippen molar-refractivity contribution >= 4 is 51.6 Å². The van der Waals surface area contributed by atoms with Crippen LogP contribution in [0.5, 0.6) is 5.75 Å². The Kier molecular flexibility index (Phi) is 18.1. The van der Waals surface area contributed by atoms with Crippen molar-refractivity contribution in [1.29, 1.82) is 0 Å². The highest BCUT2D eigenvalue weighted by molar-refractivity contribution is 6.31. The summed E-state index contributed by atoms with van der Waals surface area (Å²) < 4.78 is 36.7. The van der Waals surface area contributed by atoms with E-state index in [0.717, 1.165) is 44.9 Å². The number of ether oxygens (including phenoxy) is 4. The Labute approximate surface area is 306 Å². The molecule has 3 aromatic rings. The molecule has 0 spiro atoms. The normalized spacial score (nSPS) is 11.8. The Balaban J connectivity index is 1.41. The molecule has 1 aromatic heterocycles. The first-order valence-corrected chi connectivity index (χ1v) is 17.9. The fraction of sp³-hybridized carbons (Fsp3) is 0.526. The highest BCUT2D eigenvalue weighted by atomic mass is 35.5. The lowest BCUT2D eigenvalue weighted by Gasteiger charge is -2.19. The molecule has 0 fully saturated rings. The highest BCUT2D eigenvalue weighted by Gasteiger charge is 2.16. The molecule has 0 radical (unpaired) electrons. The summed E-state index contributed by atoms with van der Waals surface area (Å²) >= 11 is 5.97. The number of benzene rings is 2. The van der Waals surface area contributed by atoms with Gasteiger partial charge in [0, 0.05) is 62.6 Å². The minimum Gasteiger partial charge on any atom is -0.491 e. The number of halogens is 2. The summed E-state index contributed by atoms with van der Waals surface area (Å²) in [5.74, 6) is -0.0179. The Bertz CT molecular complexity index is 1570. The van der Waals surface area contributed by atoms with Gasteiger partial charge in [0.15, 0.2) is 0 Å². The van der Waals surface area contributed by atoms with E-state index < -0.39 is 11.4 Å². The molecule has 13 heteroatoms. The second kappa shape index (κ2) is 22.2. The maximum atomic E-state index is 13.7. The number of anilines is 3. The van der Waals surface area contributed by atoms with Crippen molar-refractivity contribution in [2.24, 2.45) is 0 Å². The molecule has 11 nitrogen and oxygen atoms in total. The van der Waals surface area contributed by atoms with Crippen molar-refractivity contribution in [2.45, 2.75) is 77.7 Å². The van der Waals surface area contributed by atoms with Gasteiger partial charge in [0.05, 0.1) is 22.8 Å². The summed E-state index contributed by atoms with van der Waals surface area (Å²) in [7, 11) is 3.84. The van der Waals surface area contributed by atoms with E-state index in [9.17, 15) is 14.0 Å². The average molecular weight is 730 g/mol. The summed E-state index contributed by atoms with van der Waals surface area (Å²) in [6.07, 6.45) is 11.2. The number of fused-ring (bicyclic) bond motifs is 1. The molecule has 2 N–H and O–H groups in total. The Morgan fingerprint density at radius 2 is 1.57 bits per heavy atom. The summed E-state index contributed by atoms with van der Waals surface area (Å²) in [6.45, 7) is 9.36. The quantitative estimate of drug-likeness (QED) is 0.0562. The zero-order chi connectivity index (χ0) is 37.1.